The van der Waals surface area contributed by atoms with Crippen molar-refractivity contribution in [2.24, 2.45) is 5.92 Å². The second kappa shape index (κ2) is 5.24. The molecular formula is C13H15ClFNO2. The van der Waals surface area contributed by atoms with Crippen molar-refractivity contribution in [2.45, 2.75) is 18.9 Å². The highest BCUT2D eigenvalue weighted by Crippen LogP contribution is 2.28. The molecule has 0 heterocycles. The molecule has 0 unspecified atom stereocenters. The highest BCUT2D eigenvalue weighted by Gasteiger charge is 2.29. The van der Waals surface area contributed by atoms with E-state index in [0.29, 0.717) is 25.3 Å². The lowest BCUT2D eigenvalue weighted by Crippen LogP contribution is -2.39. The average molecular weight is 272 g/mol. The Morgan fingerprint density at radius 2 is 2.22 bits per heavy atom. The molecule has 1 amide bonds. The molecular weight excluding hydrogens is 257 g/mol. The van der Waals surface area contributed by atoms with Gasteiger partial charge >= 0.3 is 0 Å². The standard InChI is InChI=1S/C13H15ClFNO2/c1-16(7-8-5-9(17)6-8)13(18)10-3-2-4-11(15)12(10)14/h2-4,8-9,17H,5-7H2,1H3. The predicted molar refractivity (Wildman–Crippen MR) is 67.1 cm³/mol. The molecule has 0 aromatic heterocycles. The zero-order valence-corrected chi connectivity index (χ0v) is 10.8. The van der Waals surface area contributed by atoms with Gasteiger partial charge in [0.1, 0.15) is 5.82 Å². The number of aliphatic hydroxyl groups excluding tert-OH is 1. The molecule has 1 fully saturated rings. The summed E-state index contributed by atoms with van der Waals surface area (Å²) in [6, 6.07) is 4.21. The Morgan fingerprint density at radius 3 is 2.83 bits per heavy atom. The van der Waals surface area contributed by atoms with Crippen LogP contribution in [0.5, 0.6) is 0 Å². The van der Waals surface area contributed by atoms with Crippen LogP contribution in [0.3, 0.4) is 0 Å². The molecule has 0 spiro atoms. The van der Waals surface area contributed by atoms with Gasteiger partial charge in [-0.2, -0.15) is 0 Å². The van der Waals surface area contributed by atoms with Gasteiger partial charge in [-0.05, 0) is 30.9 Å². The van der Waals surface area contributed by atoms with Gasteiger partial charge in [0.05, 0.1) is 16.7 Å². The van der Waals surface area contributed by atoms with Crippen LogP contribution in [0.2, 0.25) is 5.02 Å². The van der Waals surface area contributed by atoms with Crippen LogP contribution in [0.25, 0.3) is 0 Å². The van der Waals surface area contributed by atoms with Crippen LogP contribution in [0.4, 0.5) is 4.39 Å². The van der Waals surface area contributed by atoms with E-state index in [1.54, 1.807) is 7.05 Å². The predicted octanol–water partition coefficient (Wildman–Crippen LogP) is 2.32. The largest absolute Gasteiger partial charge is 0.393 e. The third-order valence-electron chi connectivity index (χ3n) is 3.27. The number of nitrogens with zero attached hydrogens (tertiary/aromatic N) is 1. The monoisotopic (exact) mass is 271 g/mol. The van der Waals surface area contributed by atoms with Crippen molar-refractivity contribution < 1.29 is 14.3 Å². The van der Waals surface area contributed by atoms with Gasteiger partial charge in [-0.15, -0.1) is 0 Å². The number of hydrogen-bond acceptors (Lipinski definition) is 2. The summed E-state index contributed by atoms with van der Waals surface area (Å²) in [6.07, 6.45) is 1.19. The Balaban J connectivity index is 2.04. The Kier molecular flexibility index (Phi) is 3.88. The maximum absolute atomic E-state index is 13.3. The molecule has 2 rings (SSSR count). The molecule has 1 N–H and O–H groups in total. The van der Waals surface area contributed by atoms with Gasteiger partial charge in [0.15, 0.2) is 0 Å². The minimum absolute atomic E-state index is 0.136. The molecule has 1 aromatic rings. The molecule has 0 bridgehead atoms. The maximum atomic E-state index is 13.3. The molecule has 0 saturated heterocycles. The third-order valence-corrected chi connectivity index (χ3v) is 3.66. The quantitative estimate of drug-likeness (QED) is 0.917. The van der Waals surface area contributed by atoms with Crippen LogP contribution < -0.4 is 0 Å². The van der Waals surface area contributed by atoms with Crippen molar-refractivity contribution in [3.8, 4) is 0 Å². The van der Waals surface area contributed by atoms with Crippen molar-refractivity contribution in [3.05, 3.63) is 34.6 Å². The van der Waals surface area contributed by atoms with Crippen molar-refractivity contribution in [1.29, 1.82) is 0 Å². The second-order valence-electron chi connectivity index (χ2n) is 4.78. The molecule has 1 aliphatic carbocycles. The summed E-state index contributed by atoms with van der Waals surface area (Å²) in [5.41, 5.74) is 0.180. The summed E-state index contributed by atoms with van der Waals surface area (Å²) in [5, 5.41) is 9.06. The Morgan fingerprint density at radius 1 is 1.56 bits per heavy atom. The van der Waals surface area contributed by atoms with Gasteiger partial charge in [-0.25, -0.2) is 4.39 Å². The molecule has 98 valence electrons. The number of aliphatic hydroxyl groups is 1. The van der Waals surface area contributed by atoms with Crippen molar-refractivity contribution >= 4 is 17.5 Å². The van der Waals surface area contributed by atoms with E-state index in [1.807, 2.05) is 0 Å². The topological polar surface area (TPSA) is 40.5 Å². The molecule has 5 heteroatoms. The van der Waals surface area contributed by atoms with Gasteiger partial charge in [-0.1, -0.05) is 17.7 Å². The van der Waals surface area contributed by atoms with Gasteiger partial charge in [0.2, 0.25) is 0 Å². The zero-order valence-electron chi connectivity index (χ0n) is 10.1. The van der Waals surface area contributed by atoms with Crippen LogP contribution in [-0.2, 0) is 0 Å². The highest BCUT2D eigenvalue weighted by atomic mass is 35.5. The van der Waals surface area contributed by atoms with E-state index >= 15 is 0 Å². The fraction of sp³-hybridized carbons (Fsp3) is 0.462. The number of amides is 1. The minimum atomic E-state index is -0.588. The van der Waals surface area contributed by atoms with Gasteiger partial charge in [0.25, 0.3) is 5.91 Å². The molecule has 0 aliphatic heterocycles. The van der Waals surface area contributed by atoms with E-state index in [0.717, 1.165) is 0 Å². The summed E-state index contributed by atoms with van der Waals surface area (Å²) in [5.74, 6) is -0.558. The Bertz CT molecular complexity index is 460. The van der Waals surface area contributed by atoms with Gasteiger partial charge in [0, 0.05) is 13.6 Å². The highest BCUT2D eigenvalue weighted by molar-refractivity contribution is 6.33. The van der Waals surface area contributed by atoms with Crippen molar-refractivity contribution in [1.82, 2.24) is 4.90 Å². The van der Waals surface area contributed by atoms with Crippen LogP contribution in [0.15, 0.2) is 18.2 Å². The second-order valence-corrected chi connectivity index (χ2v) is 5.16. The first-order valence-corrected chi connectivity index (χ1v) is 6.24. The number of halogens is 2. The third kappa shape index (κ3) is 2.65. The molecule has 0 radical (unpaired) electrons. The van der Waals surface area contributed by atoms with Crippen LogP contribution in [-0.4, -0.2) is 35.6 Å². The molecule has 1 aliphatic rings. The molecule has 1 aromatic carbocycles. The first-order chi connectivity index (χ1) is 8.49. The normalized spacial score (nSPS) is 22.4. The fourth-order valence-corrected chi connectivity index (χ4v) is 2.40. The smallest absolute Gasteiger partial charge is 0.255 e. The first-order valence-electron chi connectivity index (χ1n) is 5.86. The van der Waals surface area contributed by atoms with Gasteiger partial charge in [-0.3, -0.25) is 4.79 Å². The van der Waals surface area contributed by atoms with Gasteiger partial charge < -0.3 is 10.0 Å². The Hall–Kier alpha value is -1.13. The van der Waals surface area contributed by atoms with E-state index in [1.165, 1.54) is 23.1 Å². The molecule has 18 heavy (non-hydrogen) atoms. The lowest BCUT2D eigenvalue weighted by atomic mass is 9.82. The van der Waals surface area contributed by atoms with Crippen LogP contribution in [0.1, 0.15) is 23.2 Å². The first kappa shape index (κ1) is 13.3. The van der Waals surface area contributed by atoms with E-state index in [2.05, 4.69) is 0 Å². The summed E-state index contributed by atoms with van der Waals surface area (Å²) in [4.78, 5) is 13.6. The fourth-order valence-electron chi connectivity index (χ4n) is 2.19. The molecule has 0 atom stereocenters. The van der Waals surface area contributed by atoms with E-state index < -0.39 is 5.82 Å². The summed E-state index contributed by atoms with van der Waals surface area (Å²) >= 11 is 5.78. The number of carbonyl (C=O) groups excluding carboxylic acids is 1. The number of rotatable bonds is 3. The number of carbonyl (C=O) groups is 1. The summed E-state index contributed by atoms with van der Waals surface area (Å²) in [7, 11) is 1.66. The zero-order chi connectivity index (χ0) is 13.3. The van der Waals surface area contributed by atoms with Crippen molar-refractivity contribution in [2.75, 3.05) is 13.6 Å². The van der Waals surface area contributed by atoms with Crippen molar-refractivity contribution in [3.63, 3.8) is 0 Å². The minimum Gasteiger partial charge on any atom is -0.393 e. The van der Waals surface area contributed by atoms with Crippen LogP contribution >= 0.6 is 11.6 Å². The maximum Gasteiger partial charge on any atom is 0.255 e. The summed E-state index contributed by atoms with van der Waals surface area (Å²) < 4.78 is 13.3. The number of hydrogen-bond donors (Lipinski definition) is 1. The lowest BCUT2D eigenvalue weighted by Gasteiger charge is -2.34. The average Bonchev–Trinajstić information content (AvgIpc) is 2.30. The Labute approximate surface area is 110 Å². The van der Waals surface area contributed by atoms with E-state index in [4.69, 9.17) is 11.6 Å². The SMILES string of the molecule is CN(CC1CC(O)C1)C(=O)c1cccc(F)c1Cl. The molecule has 1 saturated carbocycles. The lowest BCUT2D eigenvalue weighted by molar-refractivity contribution is 0.0265. The van der Waals surface area contributed by atoms with E-state index in [9.17, 15) is 14.3 Å². The summed E-state index contributed by atoms with van der Waals surface area (Å²) in [6.45, 7) is 0.558. The van der Waals surface area contributed by atoms with Crippen LogP contribution in [0, 0.1) is 11.7 Å². The molecule has 3 nitrogen and oxygen atoms in total. The van der Waals surface area contributed by atoms with E-state index in [-0.39, 0.29) is 22.6 Å². The number of benzene rings is 1.